The molecule has 3 aromatic rings. The lowest BCUT2D eigenvalue weighted by Crippen LogP contribution is -2.44. The summed E-state index contributed by atoms with van der Waals surface area (Å²) in [6.45, 7) is 6.36. The number of carbonyl (C=O) groups is 3. The SMILES string of the molecule is Cc1oc(=O)oc1CC1c2cc(OCCc3cn4c(n3)N(C(=O)OC(C)(C)C)CCC4)ccc2C[C@@H](CC(=O)O)C(=O)N1CC(F)(F)F. The lowest BCUT2D eigenvalue weighted by molar-refractivity contribution is -0.169. The van der Waals surface area contributed by atoms with Crippen LogP contribution < -0.4 is 15.5 Å². The standard InChI is InChI=1S/C32H37F3N4O9/c1-18-25(47-30(44)46-18)15-24-23-14-22(7-6-19(23)12-20(13-26(40)41)27(42)39(24)17-32(33,34)35)45-11-8-21-16-37-9-5-10-38(28(37)36-21)29(43)48-31(2,3)4/h6-7,14,16,20,24H,5,8-13,15,17H2,1-4H3,(H,40,41)/t20-,24?/m0/s1. The Kier molecular flexibility index (Phi) is 9.65. The summed E-state index contributed by atoms with van der Waals surface area (Å²) in [5.41, 5.74) is 0.738. The summed E-state index contributed by atoms with van der Waals surface area (Å²) in [6, 6.07) is 3.44. The maximum absolute atomic E-state index is 13.9. The number of carboxylic acids is 1. The lowest BCUT2D eigenvalue weighted by Gasteiger charge is -2.32. The van der Waals surface area contributed by atoms with Gasteiger partial charge in [0.15, 0.2) is 5.76 Å². The molecule has 0 bridgehead atoms. The Morgan fingerprint density at radius 1 is 1.12 bits per heavy atom. The molecule has 1 unspecified atom stereocenters. The minimum absolute atomic E-state index is 0.0388. The van der Waals surface area contributed by atoms with Crippen LogP contribution in [0.15, 0.2) is 38.0 Å². The summed E-state index contributed by atoms with van der Waals surface area (Å²) < 4.78 is 65.0. The number of hydrogen-bond acceptors (Lipinski definition) is 9. The smallest absolute Gasteiger partial charge is 0.493 e. The fourth-order valence-electron chi connectivity index (χ4n) is 6.00. The molecule has 1 aromatic carbocycles. The van der Waals surface area contributed by atoms with Gasteiger partial charge in [-0.25, -0.2) is 19.5 Å². The zero-order valence-electron chi connectivity index (χ0n) is 27.0. The van der Waals surface area contributed by atoms with Crippen molar-refractivity contribution in [3.05, 3.63) is 63.4 Å². The Labute approximate surface area is 273 Å². The minimum atomic E-state index is -4.81. The average Bonchev–Trinajstić information content (AvgIpc) is 3.51. The summed E-state index contributed by atoms with van der Waals surface area (Å²) in [6.07, 6.45) is -3.54. The topological polar surface area (TPSA) is 158 Å². The van der Waals surface area contributed by atoms with Crippen molar-refractivity contribution in [3.8, 4) is 5.75 Å². The molecule has 5 rings (SSSR count). The highest BCUT2D eigenvalue weighted by molar-refractivity contribution is 5.86. The summed E-state index contributed by atoms with van der Waals surface area (Å²) in [7, 11) is 0. The highest BCUT2D eigenvalue weighted by Gasteiger charge is 2.43. The van der Waals surface area contributed by atoms with Crippen LogP contribution in [0.3, 0.4) is 0 Å². The fourth-order valence-corrected chi connectivity index (χ4v) is 6.00. The first kappa shape index (κ1) is 34.6. The van der Waals surface area contributed by atoms with E-state index in [2.05, 4.69) is 4.98 Å². The minimum Gasteiger partial charge on any atom is -0.493 e. The van der Waals surface area contributed by atoms with Gasteiger partial charge in [-0.1, -0.05) is 6.07 Å². The average molecular weight is 679 g/mol. The predicted octanol–water partition coefficient (Wildman–Crippen LogP) is 4.83. The molecule has 0 saturated carbocycles. The third-order valence-corrected chi connectivity index (χ3v) is 8.00. The van der Waals surface area contributed by atoms with E-state index in [1.54, 1.807) is 32.9 Å². The van der Waals surface area contributed by atoms with Crippen LogP contribution in [-0.4, -0.2) is 69.0 Å². The van der Waals surface area contributed by atoms with Crippen LogP contribution in [-0.2, 0) is 40.1 Å². The van der Waals surface area contributed by atoms with Crippen molar-refractivity contribution in [2.24, 2.45) is 5.92 Å². The van der Waals surface area contributed by atoms with Gasteiger partial charge in [0.05, 0.1) is 30.7 Å². The van der Waals surface area contributed by atoms with Gasteiger partial charge in [-0.05, 0) is 63.8 Å². The molecule has 1 N–H and O–H groups in total. The van der Waals surface area contributed by atoms with Gasteiger partial charge in [-0.3, -0.25) is 9.59 Å². The van der Waals surface area contributed by atoms with E-state index in [1.807, 2.05) is 10.8 Å². The molecule has 0 spiro atoms. The number of rotatable bonds is 9. The maximum atomic E-state index is 13.9. The van der Waals surface area contributed by atoms with Gasteiger partial charge >= 0.3 is 24.1 Å². The highest BCUT2D eigenvalue weighted by atomic mass is 19.4. The van der Waals surface area contributed by atoms with Gasteiger partial charge in [0, 0.05) is 32.1 Å². The Balaban J connectivity index is 1.41. The van der Waals surface area contributed by atoms with Crippen LogP contribution in [0.25, 0.3) is 0 Å². The molecule has 2 aromatic heterocycles. The second-order valence-corrected chi connectivity index (χ2v) is 12.9. The predicted molar refractivity (Wildman–Crippen MR) is 162 cm³/mol. The number of carbonyl (C=O) groups excluding carboxylic acids is 2. The first-order valence-corrected chi connectivity index (χ1v) is 15.5. The second kappa shape index (κ2) is 13.4. The molecule has 2 aliphatic heterocycles. The van der Waals surface area contributed by atoms with Crippen LogP contribution >= 0.6 is 0 Å². The molecule has 2 amide bonds. The maximum Gasteiger partial charge on any atom is 0.519 e. The summed E-state index contributed by atoms with van der Waals surface area (Å²) in [5.74, 6) is -3.84. The molecule has 16 heteroatoms. The summed E-state index contributed by atoms with van der Waals surface area (Å²) in [5, 5.41) is 9.45. The van der Waals surface area contributed by atoms with Crippen LogP contribution in [0, 0.1) is 12.8 Å². The van der Waals surface area contributed by atoms with Crippen molar-refractivity contribution >= 4 is 23.9 Å². The van der Waals surface area contributed by atoms with E-state index in [0.717, 1.165) is 6.42 Å². The van der Waals surface area contributed by atoms with Crippen molar-refractivity contribution in [2.75, 3.05) is 24.6 Å². The van der Waals surface area contributed by atoms with E-state index in [1.165, 1.54) is 17.9 Å². The van der Waals surface area contributed by atoms with Crippen LogP contribution in [0.1, 0.15) is 68.0 Å². The van der Waals surface area contributed by atoms with E-state index in [4.69, 9.17) is 18.3 Å². The number of amides is 2. The van der Waals surface area contributed by atoms with Gasteiger partial charge < -0.3 is 32.9 Å². The monoisotopic (exact) mass is 678 g/mol. The number of benzene rings is 1. The van der Waals surface area contributed by atoms with Gasteiger partial charge in [0.2, 0.25) is 11.9 Å². The second-order valence-electron chi connectivity index (χ2n) is 12.9. The third kappa shape index (κ3) is 8.20. The van der Waals surface area contributed by atoms with Gasteiger partial charge in [-0.15, -0.1) is 0 Å². The van der Waals surface area contributed by atoms with Crippen molar-refractivity contribution in [2.45, 2.75) is 84.2 Å². The first-order valence-electron chi connectivity index (χ1n) is 15.5. The largest absolute Gasteiger partial charge is 0.519 e. The number of aromatic nitrogens is 2. The molecule has 0 radical (unpaired) electrons. The lowest BCUT2D eigenvalue weighted by atomic mass is 9.92. The number of aryl methyl sites for hydroxylation is 2. The molecule has 13 nitrogen and oxygen atoms in total. The van der Waals surface area contributed by atoms with Crippen molar-refractivity contribution < 1.29 is 51.0 Å². The molecule has 48 heavy (non-hydrogen) atoms. The van der Waals surface area contributed by atoms with E-state index >= 15 is 0 Å². The number of halogens is 3. The fraction of sp³-hybridized carbons (Fsp3) is 0.531. The quantitative estimate of drug-likeness (QED) is 0.333. The van der Waals surface area contributed by atoms with E-state index in [9.17, 15) is 37.5 Å². The van der Waals surface area contributed by atoms with Gasteiger partial charge in [0.1, 0.15) is 23.7 Å². The molecule has 0 aliphatic carbocycles. The normalized spacial score (nSPS) is 18.3. The van der Waals surface area contributed by atoms with Gasteiger partial charge in [0.25, 0.3) is 0 Å². The van der Waals surface area contributed by atoms with Crippen molar-refractivity contribution in [1.29, 1.82) is 0 Å². The molecule has 2 atom stereocenters. The number of nitrogens with zero attached hydrogens (tertiary/aromatic N) is 4. The van der Waals surface area contributed by atoms with Crippen LogP contribution in [0.4, 0.5) is 23.9 Å². The third-order valence-electron chi connectivity index (χ3n) is 8.00. The van der Waals surface area contributed by atoms with Crippen molar-refractivity contribution in [1.82, 2.24) is 14.5 Å². The molecule has 2 aliphatic rings. The Hall–Kier alpha value is -4.76. The first-order chi connectivity index (χ1) is 22.5. The summed E-state index contributed by atoms with van der Waals surface area (Å²) in [4.78, 5) is 56.4. The highest BCUT2D eigenvalue weighted by Crippen LogP contribution is 2.39. The zero-order valence-corrected chi connectivity index (χ0v) is 27.0. The van der Waals surface area contributed by atoms with Gasteiger partial charge in [-0.2, -0.15) is 13.2 Å². The van der Waals surface area contributed by atoms with Crippen LogP contribution in [0.5, 0.6) is 5.75 Å². The number of carboxylic acid groups (broad SMARTS) is 1. The number of anilines is 1. The summed E-state index contributed by atoms with van der Waals surface area (Å²) >= 11 is 0. The Bertz CT molecular complexity index is 1740. The van der Waals surface area contributed by atoms with E-state index in [-0.39, 0.29) is 31.0 Å². The molecule has 260 valence electrons. The number of alkyl halides is 3. The number of imidazole rings is 1. The number of aliphatic carboxylic acids is 1. The molecule has 0 saturated heterocycles. The molecule has 0 fully saturated rings. The van der Waals surface area contributed by atoms with Crippen LogP contribution in [0.2, 0.25) is 0 Å². The molecular formula is C32H37F3N4O9. The molecular weight excluding hydrogens is 641 g/mol. The van der Waals surface area contributed by atoms with E-state index < -0.39 is 60.5 Å². The number of hydrogen-bond donors (Lipinski definition) is 1. The molecule has 4 heterocycles. The number of fused-ring (bicyclic) bond motifs is 2. The Morgan fingerprint density at radius 3 is 2.52 bits per heavy atom. The zero-order chi connectivity index (χ0) is 35.0. The van der Waals surface area contributed by atoms with E-state index in [0.29, 0.717) is 52.9 Å². The Morgan fingerprint density at radius 2 is 1.88 bits per heavy atom. The number of ether oxygens (including phenoxy) is 2. The van der Waals surface area contributed by atoms with Crippen molar-refractivity contribution in [3.63, 3.8) is 0 Å².